The first-order valence-corrected chi connectivity index (χ1v) is 15.1. The van der Waals surface area contributed by atoms with Crippen molar-refractivity contribution in [3.05, 3.63) is 126 Å². The van der Waals surface area contributed by atoms with E-state index in [0.717, 1.165) is 33.4 Å². The number of rotatable bonds is 8. The monoisotopic (exact) mass is 636 g/mol. The number of pyridine rings is 1. The van der Waals surface area contributed by atoms with Gasteiger partial charge in [0.15, 0.2) is 0 Å². The minimum absolute atomic E-state index is 0.0242. The van der Waals surface area contributed by atoms with E-state index >= 15 is 0 Å². The molecule has 2 amide bonds. The standard InChI is InChI=1S/C37H31F3N4O3/c38-29-10-7-26(8-11-29)32-21-28(25-3-5-27(6-4-25)36(46)44-19-17-37(39,40)18-20-44)9-13-31(32)33-14-12-30(47-33)23-43-35(45)16-2-24-1-15-34(41)42-22-24/h1-16,21-22H,17-20,23H2,(H2,41,42)(H,43,45). The molecule has 3 aromatic carbocycles. The van der Waals surface area contributed by atoms with Crippen LogP contribution in [0.5, 0.6) is 0 Å². The lowest BCUT2D eigenvalue weighted by atomic mass is 9.93. The van der Waals surface area contributed by atoms with Crippen LogP contribution in [0.4, 0.5) is 19.0 Å². The molecular formula is C37H31F3N4O3. The van der Waals surface area contributed by atoms with Crippen molar-refractivity contribution >= 4 is 23.7 Å². The van der Waals surface area contributed by atoms with Crippen LogP contribution in [0.25, 0.3) is 39.7 Å². The zero-order valence-electron chi connectivity index (χ0n) is 25.3. The van der Waals surface area contributed by atoms with Crippen molar-refractivity contribution in [1.29, 1.82) is 0 Å². The van der Waals surface area contributed by atoms with E-state index in [4.69, 9.17) is 10.2 Å². The number of benzene rings is 3. The third-order valence-corrected chi connectivity index (χ3v) is 8.02. The summed E-state index contributed by atoms with van der Waals surface area (Å²) in [4.78, 5) is 30.8. The van der Waals surface area contributed by atoms with Gasteiger partial charge < -0.3 is 20.4 Å². The maximum atomic E-state index is 13.8. The molecule has 3 N–H and O–H groups in total. The molecular weight excluding hydrogens is 605 g/mol. The Kier molecular flexibility index (Phi) is 8.92. The fourth-order valence-corrected chi connectivity index (χ4v) is 5.37. The normalized spacial score (nSPS) is 14.3. The van der Waals surface area contributed by atoms with E-state index in [-0.39, 0.29) is 50.1 Å². The maximum Gasteiger partial charge on any atom is 0.253 e. The summed E-state index contributed by atoms with van der Waals surface area (Å²) in [5, 5.41) is 2.80. The van der Waals surface area contributed by atoms with E-state index in [1.807, 2.05) is 36.4 Å². The Bertz CT molecular complexity index is 1910. The fourth-order valence-electron chi connectivity index (χ4n) is 5.37. The summed E-state index contributed by atoms with van der Waals surface area (Å²) < 4.78 is 47.1. The van der Waals surface area contributed by atoms with E-state index in [2.05, 4.69) is 10.3 Å². The molecule has 1 aliphatic heterocycles. The number of alkyl halides is 2. The largest absolute Gasteiger partial charge is 0.459 e. The first-order chi connectivity index (χ1) is 22.6. The minimum atomic E-state index is -2.73. The van der Waals surface area contributed by atoms with Crippen molar-refractivity contribution in [3.63, 3.8) is 0 Å². The molecule has 0 unspecified atom stereocenters. The lowest BCUT2D eigenvalue weighted by Gasteiger charge is -2.31. The zero-order chi connectivity index (χ0) is 33.0. The average molecular weight is 637 g/mol. The van der Waals surface area contributed by atoms with Crippen molar-refractivity contribution in [1.82, 2.24) is 15.2 Å². The van der Waals surface area contributed by atoms with Gasteiger partial charge in [0.25, 0.3) is 11.8 Å². The highest BCUT2D eigenvalue weighted by atomic mass is 19.3. The van der Waals surface area contributed by atoms with Crippen molar-refractivity contribution in [2.24, 2.45) is 0 Å². The zero-order valence-corrected chi connectivity index (χ0v) is 25.3. The third-order valence-electron chi connectivity index (χ3n) is 8.02. The molecule has 0 radical (unpaired) electrons. The molecule has 1 aliphatic rings. The van der Waals surface area contributed by atoms with Crippen LogP contribution in [-0.2, 0) is 11.3 Å². The second kappa shape index (κ2) is 13.4. The number of carbonyl (C=O) groups excluding carboxylic acids is 2. The molecule has 1 fully saturated rings. The number of nitrogens with zero attached hydrogens (tertiary/aromatic N) is 2. The molecule has 7 nitrogen and oxygen atoms in total. The molecule has 0 aliphatic carbocycles. The first-order valence-electron chi connectivity index (χ1n) is 15.1. The van der Waals surface area contributed by atoms with E-state index in [1.165, 1.54) is 23.1 Å². The lowest BCUT2D eigenvalue weighted by molar-refractivity contribution is -0.116. The minimum Gasteiger partial charge on any atom is -0.459 e. The van der Waals surface area contributed by atoms with Gasteiger partial charge in [0.1, 0.15) is 23.2 Å². The quantitative estimate of drug-likeness (QED) is 0.171. The summed E-state index contributed by atoms with van der Waals surface area (Å²) >= 11 is 0. The second-order valence-electron chi connectivity index (χ2n) is 11.3. The van der Waals surface area contributed by atoms with E-state index < -0.39 is 5.92 Å². The summed E-state index contributed by atoms with van der Waals surface area (Å²) in [6.07, 6.45) is 3.95. The number of hydrogen-bond donors (Lipinski definition) is 2. The molecule has 0 atom stereocenters. The van der Waals surface area contributed by atoms with Crippen LogP contribution in [0.1, 0.15) is 34.5 Å². The van der Waals surface area contributed by atoms with Gasteiger partial charge in [-0.1, -0.05) is 30.3 Å². The van der Waals surface area contributed by atoms with Crippen LogP contribution in [0.3, 0.4) is 0 Å². The number of nitrogen functional groups attached to an aromatic ring is 1. The molecule has 238 valence electrons. The number of likely N-dealkylation sites (tertiary alicyclic amines) is 1. The average Bonchev–Trinajstić information content (AvgIpc) is 3.56. The molecule has 47 heavy (non-hydrogen) atoms. The van der Waals surface area contributed by atoms with Crippen LogP contribution >= 0.6 is 0 Å². The predicted molar refractivity (Wildman–Crippen MR) is 175 cm³/mol. The first kappa shape index (κ1) is 31.3. The second-order valence-corrected chi connectivity index (χ2v) is 11.3. The SMILES string of the molecule is Nc1ccc(C=CC(=O)NCc2ccc(-c3ccc(-c4ccc(C(=O)N5CCC(F)(F)CC5)cc4)cc3-c3ccc(F)cc3)o2)cn1. The highest BCUT2D eigenvalue weighted by molar-refractivity contribution is 5.95. The van der Waals surface area contributed by atoms with E-state index in [9.17, 15) is 22.8 Å². The van der Waals surface area contributed by atoms with Crippen LogP contribution in [-0.4, -0.2) is 40.7 Å². The lowest BCUT2D eigenvalue weighted by Crippen LogP contribution is -2.42. The van der Waals surface area contributed by atoms with Crippen molar-refractivity contribution < 1.29 is 27.2 Å². The molecule has 5 aromatic rings. The van der Waals surface area contributed by atoms with Crippen molar-refractivity contribution in [3.8, 4) is 33.6 Å². The predicted octanol–water partition coefficient (Wildman–Crippen LogP) is 7.60. The van der Waals surface area contributed by atoms with Gasteiger partial charge in [-0.15, -0.1) is 0 Å². The third kappa shape index (κ3) is 7.61. The number of amides is 2. The summed E-state index contributed by atoms with van der Waals surface area (Å²) in [7, 11) is 0. The van der Waals surface area contributed by atoms with E-state index in [0.29, 0.717) is 22.9 Å². The van der Waals surface area contributed by atoms with Crippen LogP contribution in [0.15, 0.2) is 108 Å². The maximum absolute atomic E-state index is 13.8. The molecule has 0 saturated carbocycles. The number of halogens is 3. The molecule has 2 aromatic heterocycles. The molecule has 0 bridgehead atoms. The Morgan fingerprint density at radius 1 is 0.872 bits per heavy atom. The van der Waals surface area contributed by atoms with Crippen molar-refractivity contribution in [2.75, 3.05) is 18.8 Å². The number of piperidine rings is 1. The van der Waals surface area contributed by atoms with Gasteiger partial charge >= 0.3 is 0 Å². The number of nitrogens with one attached hydrogen (secondary N) is 1. The number of furan rings is 1. The van der Waals surface area contributed by atoms with Crippen LogP contribution in [0, 0.1) is 5.82 Å². The van der Waals surface area contributed by atoms with Crippen LogP contribution < -0.4 is 11.1 Å². The summed E-state index contributed by atoms with van der Waals surface area (Å²) in [5.41, 5.74) is 10.8. The Balaban J connectivity index is 1.20. The number of carbonyl (C=O) groups is 2. The fraction of sp³-hybridized carbons (Fsp3) is 0.162. The smallest absolute Gasteiger partial charge is 0.253 e. The molecule has 3 heterocycles. The number of aromatic nitrogens is 1. The highest BCUT2D eigenvalue weighted by Crippen LogP contribution is 2.37. The van der Waals surface area contributed by atoms with Crippen LogP contribution in [0.2, 0.25) is 0 Å². The molecule has 1 saturated heterocycles. The Labute approximate surface area is 269 Å². The number of anilines is 1. The van der Waals surface area contributed by atoms with Gasteiger partial charge in [-0.25, -0.2) is 18.2 Å². The van der Waals surface area contributed by atoms with E-state index in [1.54, 1.807) is 54.7 Å². The topological polar surface area (TPSA) is 101 Å². The van der Waals surface area contributed by atoms with Crippen molar-refractivity contribution in [2.45, 2.75) is 25.3 Å². The van der Waals surface area contributed by atoms with Gasteiger partial charge in [-0.2, -0.15) is 0 Å². The summed E-state index contributed by atoms with van der Waals surface area (Å²) in [6, 6.07) is 26.0. The summed E-state index contributed by atoms with van der Waals surface area (Å²) in [6.45, 7) is 0.213. The van der Waals surface area contributed by atoms with Gasteiger partial charge in [0.05, 0.1) is 6.54 Å². The Morgan fingerprint density at radius 2 is 1.57 bits per heavy atom. The molecule has 0 spiro atoms. The highest BCUT2D eigenvalue weighted by Gasteiger charge is 2.35. The Morgan fingerprint density at radius 3 is 2.28 bits per heavy atom. The summed E-state index contributed by atoms with van der Waals surface area (Å²) in [5.74, 6) is -2.15. The number of nitrogens with two attached hydrogens (primary N) is 1. The van der Waals surface area contributed by atoms with Gasteiger partial charge in [0.2, 0.25) is 5.91 Å². The number of hydrogen-bond acceptors (Lipinski definition) is 5. The van der Waals surface area contributed by atoms with Gasteiger partial charge in [0, 0.05) is 49.3 Å². The molecule has 10 heteroatoms. The van der Waals surface area contributed by atoms with Gasteiger partial charge in [-0.05, 0) is 94.6 Å². The molecule has 6 rings (SSSR count). The van der Waals surface area contributed by atoms with Gasteiger partial charge in [-0.3, -0.25) is 9.59 Å². The Hall–Kier alpha value is -5.64.